The lowest BCUT2D eigenvalue weighted by Gasteiger charge is -2.32. The molecule has 0 unspecified atom stereocenters. The van der Waals surface area contributed by atoms with Crippen molar-refractivity contribution in [2.45, 2.75) is 32.0 Å². The Kier molecular flexibility index (Phi) is 6.16. The topological polar surface area (TPSA) is 108 Å². The molecule has 10 heteroatoms. The first-order valence-corrected chi connectivity index (χ1v) is 12.6. The normalized spacial score (nSPS) is 14.9. The summed E-state index contributed by atoms with van der Waals surface area (Å²) in [5, 5.41) is 23.8. The number of likely N-dealkylation sites (tertiary alicyclic amines) is 1. The number of hydrogen-bond donors (Lipinski definition) is 3. The van der Waals surface area contributed by atoms with Crippen LogP contribution in [-0.2, 0) is 13.1 Å². The van der Waals surface area contributed by atoms with Crippen LogP contribution in [0.5, 0.6) is 5.75 Å². The summed E-state index contributed by atoms with van der Waals surface area (Å²) < 4.78 is 16.1. The molecule has 6 rings (SSSR count). The van der Waals surface area contributed by atoms with E-state index in [1.807, 2.05) is 24.3 Å². The zero-order valence-corrected chi connectivity index (χ0v) is 20.6. The largest absolute Gasteiger partial charge is 0.508 e. The fourth-order valence-corrected chi connectivity index (χ4v) is 5.05. The fraction of sp³-hybridized carbons (Fsp3) is 0.250. The number of aromatic hydroxyl groups is 1. The molecule has 1 aliphatic rings. The second-order valence-electron chi connectivity index (χ2n) is 9.68. The van der Waals surface area contributed by atoms with E-state index in [0.717, 1.165) is 48.5 Å². The third kappa shape index (κ3) is 4.66. The lowest BCUT2D eigenvalue weighted by Crippen LogP contribution is -2.40. The second kappa shape index (κ2) is 9.79. The fourth-order valence-electron chi connectivity index (χ4n) is 5.05. The average Bonchev–Trinajstić information content (AvgIpc) is 3.26. The molecule has 0 saturated carbocycles. The van der Waals surface area contributed by atoms with E-state index in [1.54, 1.807) is 18.2 Å². The molecule has 0 amide bonds. The Hall–Kier alpha value is -4.44. The maximum absolute atomic E-state index is 13.4. The molecular formula is C28H27FN6O3. The van der Waals surface area contributed by atoms with E-state index in [9.17, 15) is 19.5 Å². The number of phenolic OH excluding ortho intramolecular Hbond substituents is 1. The maximum atomic E-state index is 13.4. The zero-order chi connectivity index (χ0) is 26.2. The number of piperidine rings is 1. The van der Waals surface area contributed by atoms with Crippen molar-refractivity contribution in [3.05, 3.63) is 94.3 Å². The number of halogens is 1. The van der Waals surface area contributed by atoms with E-state index in [-0.39, 0.29) is 28.8 Å². The molecule has 2 aromatic heterocycles. The van der Waals surface area contributed by atoms with Gasteiger partial charge in [-0.1, -0.05) is 24.3 Å². The predicted molar refractivity (Wildman–Crippen MR) is 142 cm³/mol. The van der Waals surface area contributed by atoms with Crippen LogP contribution in [0, 0.1) is 5.82 Å². The summed E-state index contributed by atoms with van der Waals surface area (Å²) in [4.78, 5) is 24.0. The summed E-state index contributed by atoms with van der Waals surface area (Å²) >= 11 is 0. The van der Waals surface area contributed by atoms with Crippen LogP contribution < -0.4 is 10.9 Å². The molecule has 1 aliphatic heterocycles. The van der Waals surface area contributed by atoms with E-state index in [1.165, 1.54) is 24.3 Å². The van der Waals surface area contributed by atoms with Gasteiger partial charge >= 0.3 is 0 Å². The first-order valence-electron chi connectivity index (χ1n) is 12.6. The van der Waals surface area contributed by atoms with Gasteiger partial charge in [-0.15, -0.1) is 4.73 Å². The number of rotatable bonds is 6. The van der Waals surface area contributed by atoms with E-state index in [2.05, 4.69) is 19.8 Å². The highest BCUT2D eigenvalue weighted by atomic mass is 19.1. The number of imidazole rings is 1. The first-order chi connectivity index (χ1) is 18.4. The van der Waals surface area contributed by atoms with E-state index < -0.39 is 5.56 Å². The molecule has 1 saturated heterocycles. The Morgan fingerprint density at radius 3 is 2.50 bits per heavy atom. The summed E-state index contributed by atoms with van der Waals surface area (Å²) in [6.07, 6.45) is 1.69. The number of aromatic nitrogens is 4. The zero-order valence-electron chi connectivity index (χ0n) is 20.6. The molecule has 1 fully saturated rings. The lowest BCUT2D eigenvalue weighted by molar-refractivity contribution is 0.136. The molecule has 3 heterocycles. The number of fused-ring (bicyclic) bond motifs is 2. The van der Waals surface area contributed by atoms with Crippen molar-refractivity contribution in [2.75, 3.05) is 18.4 Å². The minimum absolute atomic E-state index is 0.0510. The monoisotopic (exact) mass is 514 g/mol. The Bertz CT molecular complexity index is 1670. The quantitative estimate of drug-likeness (QED) is 0.295. The SMILES string of the molecule is O=c1c2cc(O)ccc2nc(CN2CCC(Nc3nc4ccccc4n3Cc3ccc(F)cc3)CC2)n1O. The average molecular weight is 515 g/mol. The minimum Gasteiger partial charge on any atom is -0.508 e. The van der Waals surface area contributed by atoms with Gasteiger partial charge in [0.25, 0.3) is 5.56 Å². The molecule has 38 heavy (non-hydrogen) atoms. The number of benzene rings is 3. The minimum atomic E-state index is -0.600. The van der Waals surface area contributed by atoms with Crippen LogP contribution in [0.2, 0.25) is 0 Å². The van der Waals surface area contributed by atoms with E-state index in [4.69, 9.17) is 4.98 Å². The summed E-state index contributed by atoms with van der Waals surface area (Å²) in [5.74, 6) is 0.731. The van der Waals surface area contributed by atoms with E-state index >= 15 is 0 Å². The first kappa shape index (κ1) is 23.9. The van der Waals surface area contributed by atoms with Gasteiger partial charge in [-0.3, -0.25) is 9.69 Å². The number of anilines is 1. The van der Waals surface area contributed by atoms with Crippen LogP contribution in [0.15, 0.2) is 71.5 Å². The molecular weight excluding hydrogens is 487 g/mol. The van der Waals surface area contributed by atoms with Gasteiger partial charge in [-0.25, -0.2) is 14.4 Å². The smallest absolute Gasteiger partial charge is 0.294 e. The van der Waals surface area contributed by atoms with E-state index in [0.29, 0.717) is 23.3 Å². The van der Waals surface area contributed by atoms with Gasteiger partial charge in [0.05, 0.1) is 35.0 Å². The number of hydrogen-bond acceptors (Lipinski definition) is 7. The van der Waals surface area contributed by atoms with Crippen LogP contribution in [-0.4, -0.2) is 53.6 Å². The Morgan fingerprint density at radius 1 is 0.947 bits per heavy atom. The summed E-state index contributed by atoms with van der Waals surface area (Å²) in [5.41, 5.74) is 2.72. The molecule has 9 nitrogen and oxygen atoms in total. The Morgan fingerprint density at radius 2 is 1.71 bits per heavy atom. The molecule has 0 spiro atoms. The van der Waals surface area contributed by atoms with Gasteiger partial charge < -0.3 is 20.2 Å². The molecule has 5 aromatic rings. The molecule has 194 valence electrons. The molecule has 0 radical (unpaired) electrons. The predicted octanol–water partition coefficient (Wildman–Crippen LogP) is 3.95. The van der Waals surface area contributed by atoms with Crippen molar-refractivity contribution in [3.8, 4) is 5.75 Å². The van der Waals surface area contributed by atoms with Crippen molar-refractivity contribution in [1.29, 1.82) is 0 Å². The summed E-state index contributed by atoms with van der Waals surface area (Å²) in [7, 11) is 0. The molecule has 0 bridgehead atoms. The Balaban J connectivity index is 1.16. The van der Waals surface area contributed by atoms with Crippen LogP contribution >= 0.6 is 0 Å². The van der Waals surface area contributed by atoms with Gasteiger partial charge in [0.1, 0.15) is 11.6 Å². The van der Waals surface area contributed by atoms with Crippen LogP contribution in [0.1, 0.15) is 24.2 Å². The standard InChI is InChI=1S/C28H27FN6O3/c29-19-7-5-18(6-8-19)16-34-25-4-2-1-3-24(25)32-28(34)30-20-11-13-33(14-12-20)17-26-31-23-10-9-21(36)15-22(23)27(37)35(26)38/h1-10,15,20,36,38H,11-14,16-17H2,(H,30,32). The molecule has 3 N–H and O–H groups in total. The van der Waals surface area contributed by atoms with Crippen LogP contribution in [0.3, 0.4) is 0 Å². The third-order valence-electron chi connectivity index (χ3n) is 7.09. The van der Waals surface area contributed by atoms with Crippen LogP contribution in [0.4, 0.5) is 10.3 Å². The highest BCUT2D eigenvalue weighted by molar-refractivity contribution is 5.79. The highest BCUT2D eigenvalue weighted by Crippen LogP contribution is 2.24. The number of nitrogens with zero attached hydrogens (tertiary/aromatic N) is 5. The Labute approximate surface area is 217 Å². The van der Waals surface area contributed by atoms with Crippen LogP contribution in [0.25, 0.3) is 21.9 Å². The van der Waals surface area contributed by atoms with Gasteiger partial charge in [0, 0.05) is 19.1 Å². The van der Waals surface area contributed by atoms with Crippen molar-refractivity contribution in [1.82, 2.24) is 24.2 Å². The van der Waals surface area contributed by atoms with Crippen molar-refractivity contribution < 1.29 is 14.7 Å². The summed E-state index contributed by atoms with van der Waals surface area (Å²) in [6.45, 7) is 2.40. The molecule has 3 aromatic carbocycles. The van der Waals surface area contributed by atoms with Gasteiger partial charge in [-0.2, -0.15) is 0 Å². The second-order valence-corrected chi connectivity index (χ2v) is 9.68. The van der Waals surface area contributed by atoms with Crippen molar-refractivity contribution in [3.63, 3.8) is 0 Å². The van der Waals surface area contributed by atoms with Gasteiger partial charge in [-0.05, 0) is 60.9 Å². The number of nitrogens with one attached hydrogen (secondary N) is 1. The van der Waals surface area contributed by atoms with Gasteiger partial charge in [0.15, 0.2) is 5.82 Å². The highest BCUT2D eigenvalue weighted by Gasteiger charge is 2.23. The molecule has 0 atom stereocenters. The van der Waals surface area contributed by atoms with Crippen molar-refractivity contribution >= 4 is 27.9 Å². The van der Waals surface area contributed by atoms with Crippen molar-refractivity contribution in [2.24, 2.45) is 0 Å². The maximum Gasteiger partial charge on any atom is 0.294 e. The molecule has 0 aliphatic carbocycles. The summed E-state index contributed by atoms with van der Waals surface area (Å²) in [6, 6.07) is 19.0. The lowest BCUT2D eigenvalue weighted by atomic mass is 10.1. The van der Waals surface area contributed by atoms with Gasteiger partial charge in [0.2, 0.25) is 5.95 Å². The number of para-hydroxylation sites is 2. The number of phenols is 1. The third-order valence-corrected chi connectivity index (χ3v) is 7.09.